The van der Waals surface area contributed by atoms with Gasteiger partial charge in [-0.15, -0.1) is 0 Å². The van der Waals surface area contributed by atoms with Gasteiger partial charge in [0, 0.05) is 24.3 Å². The molecule has 2 aliphatic heterocycles. The molecule has 3 amide bonds. The maximum Gasteiger partial charge on any atom is 0.410 e. The zero-order chi connectivity index (χ0) is 56.5. The largest absolute Gasteiger partial charge is 0.445 e. The van der Waals surface area contributed by atoms with E-state index in [-0.39, 0.29) is 46.0 Å². The molecule has 4 fully saturated rings. The van der Waals surface area contributed by atoms with E-state index >= 15 is 0 Å². The highest BCUT2D eigenvalue weighted by Crippen LogP contribution is 2.47. The number of ether oxygens (including phenoxy) is 9. The van der Waals surface area contributed by atoms with Gasteiger partial charge < -0.3 is 53.3 Å². The van der Waals surface area contributed by atoms with Gasteiger partial charge in [-0.2, -0.15) is 0 Å². The second kappa shape index (κ2) is 28.3. The molecule has 0 aromatic heterocycles. The molecule has 0 radical (unpaired) electrons. The van der Waals surface area contributed by atoms with Crippen molar-refractivity contribution in [1.82, 2.24) is 15.5 Å². The van der Waals surface area contributed by atoms with Gasteiger partial charge in [0.05, 0.1) is 43.5 Å². The van der Waals surface area contributed by atoms with Crippen LogP contribution in [0.15, 0.2) is 187 Å². The second-order valence-corrected chi connectivity index (χ2v) is 21.2. The van der Waals surface area contributed by atoms with E-state index in [9.17, 15) is 19.9 Å². The number of alkyl carbamates (subject to hydrolysis) is 2. The van der Waals surface area contributed by atoms with Gasteiger partial charge in [-0.25, -0.2) is 14.4 Å². The topological polar surface area (TPSA) is 210 Å². The molecule has 1 spiro atoms. The normalized spacial score (nSPS) is 24.8. The molecular formula is C64H70N6O12. The monoisotopic (exact) mass is 1110 g/mol. The zero-order valence-corrected chi connectivity index (χ0v) is 45.8. The van der Waals surface area contributed by atoms with Gasteiger partial charge in [-0.1, -0.05) is 194 Å². The Morgan fingerprint density at radius 1 is 0.585 bits per heavy atom. The highest BCUT2D eigenvalue weighted by Gasteiger charge is 2.63. The van der Waals surface area contributed by atoms with Crippen molar-refractivity contribution >= 4 is 18.3 Å². The molecule has 428 valence electrons. The number of carbonyl (C=O) groups excluding carboxylic acids is 3. The highest BCUT2D eigenvalue weighted by atomic mass is 16.8. The first kappa shape index (κ1) is 57.4. The average molecular weight is 1120 g/mol. The van der Waals surface area contributed by atoms with Crippen LogP contribution in [0.1, 0.15) is 78.8 Å². The van der Waals surface area contributed by atoms with Crippen LogP contribution in [0.25, 0.3) is 10.4 Å². The Morgan fingerprint density at radius 3 is 1.55 bits per heavy atom. The van der Waals surface area contributed by atoms with Crippen molar-refractivity contribution < 1.29 is 57.0 Å². The summed E-state index contributed by atoms with van der Waals surface area (Å²) in [6, 6.07) is 52.8. The van der Waals surface area contributed by atoms with E-state index in [1.165, 1.54) is 0 Å². The fraction of sp³-hybridized carbons (Fsp3) is 0.391. The third-order valence-corrected chi connectivity index (χ3v) is 15.5. The van der Waals surface area contributed by atoms with Crippen molar-refractivity contribution in [1.29, 1.82) is 0 Å². The Labute approximate surface area is 477 Å². The van der Waals surface area contributed by atoms with Gasteiger partial charge in [0.1, 0.15) is 50.3 Å². The van der Waals surface area contributed by atoms with Gasteiger partial charge in [-0.05, 0) is 65.1 Å². The van der Waals surface area contributed by atoms with Gasteiger partial charge >= 0.3 is 18.3 Å². The van der Waals surface area contributed by atoms with Crippen molar-refractivity contribution in [3.05, 3.63) is 226 Å². The maximum absolute atomic E-state index is 14.6. The SMILES string of the molecule is C[C@H]([C@H]1OC(O[C@@H]2[C@@H](NC(=O)OCc3ccccc3)[C@H](OCc3ccccc3)[C@@H](NC(=O)OCc3ccccc3)[C@@H]3OC4(CCCCC4)O[C@@H]23)[C@H](N=[N+]=[N-])C[C@@H]1OCc1ccccc1)N(Cc1ccccc1)C(=O)OCc1ccccc1. The first-order chi connectivity index (χ1) is 40.2. The molecule has 2 heterocycles. The first-order valence-electron chi connectivity index (χ1n) is 28.2. The van der Waals surface area contributed by atoms with Crippen LogP contribution in [0.3, 0.4) is 0 Å². The zero-order valence-electron chi connectivity index (χ0n) is 45.8. The molecule has 11 atom stereocenters. The summed E-state index contributed by atoms with van der Waals surface area (Å²) in [7, 11) is 0. The Balaban J connectivity index is 1.03. The minimum atomic E-state index is -1.37. The number of azide groups is 1. The van der Waals surface area contributed by atoms with Crippen LogP contribution in [0.2, 0.25) is 0 Å². The van der Waals surface area contributed by atoms with E-state index in [0.717, 1.165) is 52.6 Å². The van der Waals surface area contributed by atoms with Crippen molar-refractivity contribution in [3.63, 3.8) is 0 Å². The second-order valence-electron chi connectivity index (χ2n) is 21.2. The molecule has 6 aromatic carbocycles. The Kier molecular flexibility index (Phi) is 19.8. The van der Waals surface area contributed by atoms with Gasteiger partial charge in [-0.3, -0.25) is 4.90 Å². The molecule has 2 aliphatic carbocycles. The number of nitrogens with zero attached hydrogens (tertiary/aromatic N) is 4. The lowest BCUT2D eigenvalue weighted by atomic mass is 9.81. The quantitative estimate of drug-likeness (QED) is 0.0298. The van der Waals surface area contributed by atoms with Gasteiger partial charge in [0.2, 0.25) is 0 Å². The summed E-state index contributed by atoms with van der Waals surface area (Å²) in [6.07, 6.45) is -5.78. The summed E-state index contributed by atoms with van der Waals surface area (Å²) in [5.41, 5.74) is 15.2. The summed E-state index contributed by atoms with van der Waals surface area (Å²) >= 11 is 0. The van der Waals surface area contributed by atoms with E-state index in [0.29, 0.717) is 12.8 Å². The number of hydrogen-bond donors (Lipinski definition) is 2. The number of hydrogen-bond acceptors (Lipinski definition) is 13. The van der Waals surface area contributed by atoms with Gasteiger partial charge in [0.15, 0.2) is 12.1 Å². The van der Waals surface area contributed by atoms with Crippen LogP contribution in [0.4, 0.5) is 14.4 Å². The predicted molar refractivity (Wildman–Crippen MR) is 302 cm³/mol. The minimum Gasteiger partial charge on any atom is -0.445 e. The molecule has 0 bridgehead atoms. The summed E-state index contributed by atoms with van der Waals surface area (Å²) in [5.74, 6) is -1.10. The predicted octanol–water partition coefficient (Wildman–Crippen LogP) is 11.6. The van der Waals surface area contributed by atoms with E-state index in [2.05, 4.69) is 20.7 Å². The molecule has 4 aliphatic rings. The Bertz CT molecular complexity index is 3000. The van der Waals surface area contributed by atoms with E-state index < -0.39 is 91.1 Å². The standard InChI is InChI=1S/C64H70N6O12/c1-44(70(38-45-23-9-2-10-24-45)63(73)78-43-50-33-19-7-20-34-50)55-52(74-39-46-25-11-3-12-26-46)37-51(68-69-65)60(79-55)80-57-53(66-61(71)76-41-48-29-15-5-16-30-48)56(75-40-47-27-13-4-14-28-47)54(67-62(72)77-42-49-31-17-6-18-32-49)58-59(57)82-64(81-58)35-21-8-22-36-64/h2-7,9-20,23-34,44,51-60H,8,21-22,35-43H2,1H3,(H,66,71)(H,67,72)/t44-,51-,52+,53+,54-,55-,56+,57-,58+,59+,60?/m1/s1. The van der Waals surface area contributed by atoms with E-state index in [4.69, 9.17) is 42.6 Å². The molecule has 1 unspecified atom stereocenters. The van der Waals surface area contributed by atoms with E-state index in [1.54, 1.807) is 4.90 Å². The lowest BCUT2D eigenvalue weighted by molar-refractivity contribution is -0.287. The lowest BCUT2D eigenvalue weighted by Crippen LogP contribution is -2.73. The lowest BCUT2D eigenvalue weighted by Gasteiger charge is -2.50. The fourth-order valence-electron chi connectivity index (χ4n) is 11.3. The highest BCUT2D eigenvalue weighted by molar-refractivity contribution is 5.69. The third kappa shape index (κ3) is 15.0. The molecule has 6 aromatic rings. The number of benzene rings is 6. The van der Waals surface area contributed by atoms with Crippen LogP contribution < -0.4 is 10.6 Å². The van der Waals surface area contributed by atoms with Crippen molar-refractivity contribution in [2.75, 3.05) is 0 Å². The summed E-state index contributed by atoms with van der Waals surface area (Å²) in [5, 5.41) is 10.5. The number of amides is 3. The third-order valence-electron chi connectivity index (χ3n) is 15.5. The van der Waals surface area contributed by atoms with Crippen LogP contribution >= 0.6 is 0 Å². The van der Waals surface area contributed by atoms with Gasteiger partial charge in [0.25, 0.3) is 0 Å². The van der Waals surface area contributed by atoms with Crippen LogP contribution in [0.5, 0.6) is 0 Å². The molecule has 2 saturated heterocycles. The number of nitrogens with one attached hydrogen (secondary N) is 2. The summed E-state index contributed by atoms with van der Waals surface area (Å²) < 4.78 is 60.4. The fourth-order valence-corrected chi connectivity index (χ4v) is 11.3. The van der Waals surface area contributed by atoms with Crippen molar-refractivity contribution in [2.24, 2.45) is 5.11 Å². The molecule has 82 heavy (non-hydrogen) atoms. The summed E-state index contributed by atoms with van der Waals surface area (Å²) in [4.78, 5) is 48.3. The number of carbonyl (C=O) groups is 3. The van der Waals surface area contributed by atoms with Crippen LogP contribution in [-0.2, 0) is 82.2 Å². The maximum atomic E-state index is 14.6. The minimum absolute atomic E-state index is 0.0198. The summed E-state index contributed by atoms with van der Waals surface area (Å²) in [6.45, 7) is 2.15. The number of rotatable bonds is 21. The molecule has 2 saturated carbocycles. The molecular weight excluding hydrogens is 1040 g/mol. The molecule has 10 rings (SSSR count). The van der Waals surface area contributed by atoms with Crippen molar-refractivity contribution in [2.45, 2.75) is 158 Å². The Morgan fingerprint density at radius 2 is 1.04 bits per heavy atom. The van der Waals surface area contributed by atoms with E-state index in [1.807, 2.05) is 189 Å². The van der Waals surface area contributed by atoms with Crippen molar-refractivity contribution in [3.8, 4) is 0 Å². The first-order valence-corrected chi connectivity index (χ1v) is 28.2. The molecule has 2 N–H and O–H groups in total. The van der Waals surface area contributed by atoms with Crippen LogP contribution in [0, 0.1) is 0 Å². The van der Waals surface area contributed by atoms with Crippen LogP contribution in [-0.4, -0.2) is 96.0 Å². The Hall–Kier alpha value is -7.80. The molecule has 18 nitrogen and oxygen atoms in total. The number of fused-ring (bicyclic) bond motifs is 1. The molecule has 18 heteroatoms. The smallest absolute Gasteiger partial charge is 0.410 e. The average Bonchev–Trinajstić information content (AvgIpc) is 2.92.